The third-order valence-electron chi connectivity index (χ3n) is 4.20. The Morgan fingerprint density at radius 1 is 1.39 bits per heavy atom. The summed E-state index contributed by atoms with van der Waals surface area (Å²) in [5.41, 5.74) is 0.951. The second-order valence-corrected chi connectivity index (χ2v) is 5.86. The van der Waals surface area contributed by atoms with Crippen molar-refractivity contribution < 1.29 is 19.4 Å². The van der Waals surface area contributed by atoms with Gasteiger partial charge in [0.05, 0.1) is 25.4 Å². The number of phenols is 1. The Kier molecular flexibility index (Phi) is 4.88. The number of nitrogens with zero attached hydrogens (tertiary/aromatic N) is 2. The Morgan fingerprint density at radius 3 is 2.96 bits per heavy atom. The van der Waals surface area contributed by atoms with Crippen LogP contribution in [0.25, 0.3) is 0 Å². The van der Waals surface area contributed by atoms with Crippen molar-refractivity contribution in [1.82, 2.24) is 10.2 Å². The number of fused-ring (bicyclic) bond motifs is 1. The fourth-order valence-electron chi connectivity index (χ4n) is 2.88. The zero-order valence-electron chi connectivity index (χ0n) is 13.3. The van der Waals surface area contributed by atoms with Crippen LogP contribution in [0.5, 0.6) is 11.5 Å². The number of benzene rings is 1. The maximum Gasteiger partial charge on any atom is 0.234 e. The molecule has 1 unspecified atom stereocenters. The van der Waals surface area contributed by atoms with Crippen molar-refractivity contribution in [3.05, 3.63) is 18.2 Å². The standard InChI is InChI=1S/C16H23N3O4/c1-18-13-3-2-12(20)10-14(13)23-16(18)4-5-17-15(21)11-19-6-8-22-9-7-19/h2-3,10,16,20H,4-9,11H2,1H3,(H,17,21). The van der Waals surface area contributed by atoms with Crippen LogP contribution >= 0.6 is 0 Å². The first-order valence-corrected chi connectivity index (χ1v) is 7.93. The van der Waals surface area contributed by atoms with E-state index in [0.29, 0.717) is 38.5 Å². The summed E-state index contributed by atoms with van der Waals surface area (Å²) in [6.07, 6.45) is 0.552. The molecule has 1 aromatic rings. The summed E-state index contributed by atoms with van der Waals surface area (Å²) >= 11 is 0. The van der Waals surface area contributed by atoms with Crippen LogP contribution in [0.15, 0.2) is 18.2 Å². The third-order valence-corrected chi connectivity index (χ3v) is 4.20. The van der Waals surface area contributed by atoms with E-state index < -0.39 is 0 Å². The molecular formula is C16H23N3O4. The normalized spacial score (nSPS) is 20.9. The molecule has 0 radical (unpaired) electrons. The molecule has 1 saturated heterocycles. The summed E-state index contributed by atoms with van der Waals surface area (Å²) in [6, 6.07) is 5.09. The number of ether oxygens (including phenoxy) is 2. The molecule has 126 valence electrons. The van der Waals surface area contributed by atoms with Crippen molar-refractivity contribution >= 4 is 11.6 Å². The largest absolute Gasteiger partial charge is 0.508 e. The number of anilines is 1. The maximum atomic E-state index is 11.9. The van der Waals surface area contributed by atoms with Crippen LogP contribution in [-0.4, -0.2) is 68.6 Å². The SMILES string of the molecule is CN1c2ccc(O)cc2OC1CCNC(=O)CN1CCOCC1. The number of carbonyl (C=O) groups is 1. The molecule has 0 saturated carbocycles. The summed E-state index contributed by atoms with van der Waals surface area (Å²) < 4.78 is 11.1. The number of carbonyl (C=O) groups excluding carboxylic acids is 1. The average Bonchev–Trinajstić information content (AvgIpc) is 2.84. The van der Waals surface area contributed by atoms with Gasteiger partial charge in [0.15, 0.2) is 6.23 Å². The van der Waals surface area contributed by atoms with E-state index in [2.05, 4.69) is 10.2 Å². The van der Waals surface area contributed by atoms with Crippen LogP contribution in [0.4, 0.5) is 5.69 Å². The van der Waals surface area contributed by atoms with Gasteiger partial charge in [-0.05, 0) is 12.1 Å². The van der Waals surface area contributed by atoms with Crippen LogP contribution in [0.3, 0.4) is 0 Å². The average molecular weight is 321 g/mol. The lowest BCUT2D eigenvalue weighted by atomic mass is 10.2. The molecule has 1 fully saturated rings. The van der Waals surface area contributed by atoms with E-state index in [-0.39, 0.29) is 17.9 Å². The number of hydrogen-bond acceptors (Lipinski definition) is 6. The molecule has 7 heteroatoms. The lowest BCUT2D eigenvalue weighted by Gasteiger charge is -2.26. The highest BCUT2D eigenvalue weighted by atomic mass is 16.5. The van der Waals surface area contributed by atoms with Gasteiger partial charge in [-0.1, -0.05) is 0 Å². The summed E-state index contributed by atoms with van der Waals surface area (Å²) in [4.78, 5) is 16.1. The lowest BCUT2D eigenvalue weighted by Crippen LogP contribution is -2.44. The highest BCUT2D eigenvalue weighted by Gasteiger charge is 2.28. The van der Waals surface area contributed by atoms with E-state index in [4.69, 9.17) is 9.47 Å². The predicted octanol–water partition coefficient (Wildman–Crippen LogP) is 0.385. The zero-order valence-corrected chi connectivity index (χ0v) is 13.3. The first-order chi connectivity index (χ1) is 11.1. The predicted molar refractivity (Wildman–Crippen MR) is 85.8 cm³/mol. The number of morpholine rings is 1. The highest BCUT2D eigenvalue weighted by molar-refractivity contribution is 5.78. The minimum absolute atomic E-state index is 0.0303. The molecule has 1 atom stereocenters. The number of phenolic OH excluding ortho intramolecular Hbond substituents is 1. The first-order valence-electron chi connectivity index (χ1n) is 7.93. The van der Waals surface area contributed by atoms with Crippen LogP contribution < -0.4 is 15.0 Å². The Labute approximate surface area is 135 Å². The second-order valence-electron chi connectivity index (χ2n) is 5.86. The Balaban J connectivity index is 1.42. The van der Waals surface area contributed by atoms with Crippen LogP contribution in [0.1, 0.15) is 6.42 Å². The van der Waals surface area contributed by atoms with Crippen molar-refractivity contribution in [2.75, 3.05) is 51.3 Å². The molecule has 1 aromatic carbocycles. The molecule has 2 aliphatic heterocycles. The zero-order chi connectivity index (χ0) is 16.2. The van der Waals surface area contributed by atoms with E-state index in [9.17, 15) is 9.90 Å². The molecule has 0 bridgehead atoms. The van der Waals surface area contributed by atoms with E-state index in [0.717, 1.165) is 18.8 Å². The molecule has 2 heterocycles. The van der Waals surface area contributed by atoms with E-state index in [1.807, 2.05) is 18.0 Å². The highest BCUT2D eigenvalue weighted by Crippen LogP contribution is 2.38. The minimum atomic E-state index is -0.129. The molecular weight excluding hydrogens is 298 g/mol. The maximum absolute atomic E-state index is 11.9. The van der Waals surface area contributed by atoms with Gasteiger partial charge in [0, 0.05) is 39.2 Å². The van der Waals surface area contributed by atoms with E-state index in [1.165, 1.54) is 0 Å². The van der Waals surface area contributed by atoms with Gasteiger partial charge in [-0.2, -0.15) is 0 Å². The van der Waals surface area contributed by atoms with Crippen LogP contribution in [-0.2, 0) is 9.53 Å². The number of hydrogen-bond donors (Lipinski definition) is 2. The van der Waals surface area contributed by atoms with Gasteiger partial charge in [-0.3, -0.25) is 9.69 Å². The molecule has 3 rings (SSSR count). The molecule has 0 aliphatic carbocycles. The molecule has 2 N–H and O–H groups in total. The Hall–Kier alpha value is -1.99. The van der Waals surface area contributed by atoms with E-state index in [1.54, 1.807) is 12.1 Å². The van der Waals surface area contributed by atoms with Crippen molar-refractivity contribution in [2.45, 2.75) is 12.6 Å². The number of nitrogens with one attached hydrogen (secondary N) is 1. The van der Waals surface area contributed by atoms with Crippen LogP contribution in [0, 0.1) is 0 Å². The Bertz CT molecular complexity index is 560. The van der Waals surface area contributed by atoms with Gasteiger partial charge in [-0.15, -0.1) is 0 Å². The van der Waals surface area contributed by atoms with E-state index >= 15 is 0 Å². The van der Waals surface area contributed by atoms with Crippen molar-refractivity contribution in [1.29, 1.82) is 0 Å². The molecule has 1 amide bonds. The topological polar surface area (TPSA) is 74.3 Å². The van der Waals surface area contributed by atoms with Gasteiger partial charge < -0.3 is 24.8 Å². The van der Waals surface area contributed by atoms with Gasteiger partial charge in [0.2, 0.25) is 5.91 Å². The van der Waals surface area contributed by atoms with Gasteiger partial charge >= 0.3 is 0 Å². The fraction of sp³-hybridized carbons (Fsp3) is 0.562. The Morgan fingerprint density at radius 2 is 2.17 bits per heavy atom. The quantitative estimate of drug-likeness (QED) is 0.817. The summed E-state index contributed by atoms with van der Waals surface area (Å²) in [7, 11) is 1.95. The number of amides is 1. The summed E-state index contributed by atoms with van der Waals surface area (Å²) in [5.74, 6) is 0.900. The van der Waals surface area contributed by atoms with Crippen molar-refractivity contribution in [3.8, 4) is 11.5 Å². The van der Waals surface area contributed by atoms with Gasteiger partial charge in [0.1, 0.15) is 11.5 Å². The van der Waals surface area contributed by atoms with Crippen molar-refractivity contribution in [2.24, 2.45) is 0 Å². The molecule has 7 nitrogen and oxygen atoms in total. The minimum Gasteiger partial charge on any atom is -0.508 e. The summed E-state index contributed by atoms with van der Waals surface area (Å²) in [5, 5.41) is 12.4. The van der Waals surface area contributed by atoms with Gasteiger partial charge in [-0.25, -0.2) is 0 Å². The monoisotopic (exact) mass is 321 g/mol. The van der Waals surface area contributed by atoms with Crippen LogP contribution in [0.2, 0.25) is 0 Å². The number of rotatable bonds is 5. The molecule has 0 aromatic heterocycles. The lowest BCUT2D eigenvalue weighted by molar-refractivity contribution is -0.123. The number of aromatic hydroxyl groups is 1. The fourth-order valence-corrected chi connectivity index (χ4v) is 2.88. The van der Waals surface area contributed by atoms with Gasteiger partial charge in [0.25, 0.3) is 0 Å². The molecule has 23 heavy (non-hydrogen) atoms. The van der Waals surface area contributed by atoms with Crippen molar-refractivity contribution in [3.63, 3.8) is 0 Å². The third kappa shape index (κ3) is 3.86. The first kappa shape index (κ1) is 15.9. The summed E-state index contributed by atoms with van der Waals surface area (Å²) in [6.45, 7) is 3.97. The second kappa shape index (κ2) is 7.06. The molecule has 2 aliphatic rings. The molecule has 0 spiro atoms. The smallest absolute Gasteiger partial charge is 0.234 e.